The van der Waals surface area contributed by atoms with Crippen LogP contribution in [0.2, 0.25) is 0 Å². The maximum atomic E-state index is 10.9. The first kappa shape index (κ1) is 23.1. The van der Waals surface area contributed by atoms with Crippen molar-refractivity contribution in [3.63, 3.8) is 0 Å². The van der Waals surface area contributed by atoms with Crippen LogP contribution in [0.15, 0.2) is 37.2 Å². The highest BCUT2D eigenvalue weighted by Crippen LogP contribution is 2.41. The van der Waals surface area contributed by atoms with Gasteiger partial charge in [-0.15, -0.1) is 0 Å². The fourth-order valence-electron chi connectivity index (χ4n) is 5.17. The molecule has 3 aliphatic rings. The van der Waals surface area contributed by atoms with Gasteiger partial charge < -0.3 is 20.2 Å². The number of nitrogens with one attached hydrogen (secondary N) is 1. The van der Waals surface area contributed by atoms with E-state index >= 15 is 0 Å². The van der Waals surface area contributed by atoms with Gasteiger partial charge >= 0.3 is 0 Å². The van der Waals surface area contributed by atoms with E-state index in [-0.39, 0.29) is 5.60 Å². The van der Waals surface area contributed by atoms with Crippen LogP contribution in [0.5, 0.6) is 5.75 Å². The molecule has 1 aromatic heterocycles. The Bertz CT molecular complexity index is 1030. The molecule has 0 radical (unpaired) electrons. The number of piperazine rings is 1. The smallest absolute Gasteiger partial charge is 0.132 e. The molecule has 0 bridgehead atoms. The molecule has 2 heterocycles. The molecule has 8 nitrogen and oxygen atoms in total. The molecule has 1 saturated heterocycles. The third-order valence-electron chi connectivity index (χ3n) is 7.51. The van der Waals surface area contributed by atoms with Gasteiger partial charge in [0.15, 0.2) is 0 Å². The summed E-state index contributed by atoms with van der Waals surface area (Å²) in [5, 5.41) is 10.9. The number of β-amino-alcohol motifs (C(OH)–C–C–N with tert-alkyl or cyclic N) is 1. The summed E-state index contributed by atoms with van der Waals surface area (Å²) in [6, 6.07) is 8.25. The summed E-state index contributed by atoms with van der Waals surface area (Å²) in [6.07, 6.45) is 9.43. The van der Waals surface area contributed by atoms with Crippen LogP contribution in [-0.4, -0.2) is 57.5 Å². The number of nitrogen functional groups attached to an aromatic ring is 1. The van der Waals surface area contributed by atoms with Crippen LogP contribution < -0.4 is 20.9 Å². The second kappa shape index (κ2) is 9.52. The highest BCUT2D eigenvalue weighted by atomic mass is 16.5. The van der Waals surface area contributed by atoms with Crippen molar-refractivity contribution in [3.8, 4) is 5.75 Å². The van der Waals surface area contributed by atoms with Crippen molar-refractivity contribution in [2.75, 3.05) is 30.0 Å². The number of benzene rings is 1. The van der Waals surface area contributed by atoms with E-state index in [0.29, 0.717) is 12.6 Å². The Balaban J connectivity index is 1.32. The summed E-state index contributed by atoms with van der Waals surface area (Å²) >= 11 is 0. The Morgan fingerprint density at radius 2 is 1.97 bits per heavy atom. The topological polar surface area (TPSA) is 99.8 Å². The van der Waals surface area contributed by atoms with Gasteiger partial charge in [0.25, 0.3) is 0 Å². The van der Waals surface area contributed by atoms with Crippen LogP contribution in [0, 0.1) is 0 Å². The quantitative estimate of drug-likeness (QED) is 0.423. The van der Waals surface area contributed by atoms with Crippen LogP contribution in [0.1, 0.15) is 63.1 Å². The molecule has 5 rings (SSSR count). The number of aliphatic hydroxyl groups is 1. The fourth-order valence-corrected chi connectivity index (χ4v) is 5.17. The predicted octanol–water partition coefficient (Wildman–Crippen LogP) is 3.53. The van der Waals surface area contributed by atoms with Crippen molar-refractivity contribution in [2.45, 2.75) is 69.7 Å². The van der Waals surface area contributed by atoms with Crippen molar-refractivity contribution in [3.05, 3.63) is 48.4 Å². The van der Waals surface area contributed by atoms with Crippen molar-refractivity contribution < 1.29 is 9.84 Å². The average molecular weight is 465 g/mol. The molecular formula is C26H36N6O2. The van der Waals surface area contributed by atoms with Crippen LogP contribution >= 0.6 is 0 Å². The summed E-state index contributed by atoms with van der Waals surface area (Å²) in [7, 11) is 0. The van der Waals surface area contributed by atoms with E-state index in [0.717, 1.165) is 60.0 Å². The average Bonchev–Trinajstić information content (AvgIpc) is 3.60. The molecular weight excluding hydrogens is 428 g/mol. The molecule has 1 atom stereocenters. The summed E-state index contributed by atoms with van der Waals surface area (Å²) in [6.45, 7) is 8.64. The summed E-state index contributed by atoms with van der Waals surface area (Å²) in [5.74, 6) is 7.38. The first-order chi connectivity index (χ1) is 16.5. The van der Waals surface area contributed by atoms with Gasteiger partial charge in [0.1, 0.15) is 29.7 Å². The molecule has 2 saturated carbocycles. The predicted molar refractivity (Wildman–Crippen MR) is 134 cm³/mol. The lowest BCUT2D eigenvalue weighted by atomic mass is 9.93. The van der Waals surface area contributed by atoms with E-state index in [1.165, 1.54) is 32.1 Å². The minimum Gasteiger partial charge on any atom is -0.488 e. The lowest BCUT2D eigenvalue weighted by Crippen LogP contribution is -2.57. The molecule has 0 unspecified atom stereocenters. The van der Waals surface area contributed by atoms with Crippen molar-refractivity contribution in [2.24, 2.45) is 5.84 Å². The molecule has 0 amide bonds. The van der Waals surface area contributed by atoms with Crippen molar-refractivity contribution in [1.29, 1.82) is 0 Å². The van der Waals surface area contributed by atoms with Gasteiger partial charge in [0.2, 0.25) is 0 Å². The highest BCUT2D eigenvalue weighted by Gasteiger charge is 2.40. The summed E-state index contributed by atoms with van der Waals surface area (Å²) in [4.78, 5) is 13.4. The molecule has 2 aromatic rings. The molecule has 34 heavy (non-hydrogen) atoms. The fraction of sp³-hybridized carbons (Fsp3) is 0.538. The molecule has 1 aromatic carbocycles. The van der Waals surface area contributed by atoms with E-state index in [9.17, 15) is 5.11 Å². The number of hydrogen-bond acceptors (Lipinski definition) is 8. The number of hydrogen-bond donors (Lipinski definition) is 3. The normalized spacial score (nSPS) is 22.9. The Morgan fingerprint density at radius 3 is 2.68 bits per heavy atom. The lowest BCUT2D eigenvalue weighted by molar-refractivity contribution is -0.0405. The third kappa shape index (κ3) is 4.89. The minimum atomic E-state index is -0.482. The maximum Gasteiger partial charge on any atom is 0.132 e. The Morgan fingerprint density at radius 1 is 1.18 bits per heavy atom. The standard InChI is InChI=1S/C26H36N6O2/c1-18(21-14-20(8-9-22(21)30-27)34-26(2)10-11-26)23-15-24(29-17-28-23)31-12-13-32(25(33)16-31)19-6-4-3-5-7-19/h8-9,14-15,17,19,25,30,33H,1,3-7,10-13,16,27H2,2H3/t25-/m1/s1. The lowest BCUT2D eigenvalue weighted by Gasteiger charge is -2.44. The number of ether oxygens (including phenoxy) is 1. The first-order valence-electron chi connectivity index (χ1n) is 12.5. The van der Waals surface area contributed by atoms with Crippen molar-refractivity contribution >= 4 is 17.1 Å². The van der Waals surface area contributed by atoms with Crippen LogP contribution in [-0.2, 0) is 0 Å². The van der Waals surface area contributed by atoms with Gasteiger partial charge in [-0.25, -0.2) is 9.97 Å². The Kier molecular flexibility index (Phi) is 6.46. The van der Waals surface area contributed by atoms with E-state index in [1.807, 2.05) is 24.3 Å². The molecule has 8 heteroatoms. The van der Waals surface area contributed by atoms with E-state index in [1.54, 1.807) is 6.33 Å². The molecule has 0 spiro atoms. The molecule has 1 aliphatic heterocycles. The minimum absolute atomic E-state index is 0.0705. The monoisotopic (exact) mass is 464 g/mol. The zero-order chi connectivity index (χ0) is 23.7. The van der Waals surface area contributed by atoms with E-state index < -0.39 is 6.23 Å². The molecule has 3 fully saturated rings. The number of nitrogens with zero attached hydrogens (tertiary/aromatic N) is 4. The second-order valence-corrected chi connectivity index (χ2v) is 10.1. The van der Waals surface area contributed by atoms with E-state index in [4.69, 9.17) is 10.6 Å². The van der Waals surface area contributed by atoms with Gasteiger partial charge in [-0.2, -0.15) is 0 Å². The third-order valence-corrected chi connectivity index (χ3v) is 7.51. The Hall–Kier alpha value is -2.68. The van der Waals surface area contributed by atoms with Gasteiger partial charge in [0.05, 0.1) is 17.9 Å². The molecule has 182 valence electrons. The van der Waals surface area contributed by atoms with Gasteiger partial charge in [0, 0.05) is 36.3 Å². The van der Waals surface area contributed by atoms with Crippen molar-refractivity contribution in [1.82, 2.24) is 14.9 Å². The number of anilines is 2. The summed E-state index contributed by atoms with van der Waals surface area (Å²) in [5.41, 5.74) is 5.76. The zero-order valence-corrected chi connectivity index (χ0v) is 20.0. The summed E-state index contributed by atoms with van der Waals surface area (Å²) < 4.78 is 6.15. The van der Waals surface area contributed by atoms with Crippen LogP contribution in [0.25, 0.3) is 5.57 Å². The molecule has 4 N–H and O–H groups in total. The van der Waals surface area contributed by atoms with Gasteiger partial charge in [-0.1, -0.05) is 25.8 Å². The SMILES string of the molecule is C=C(c1cc(N2CCN(C3CCCCC3)[C@H](O)C2)ncn1)c1cc(OC2(C)CC2)ccc1NN. The Labute approximate surface area is 201 Å². The second-order valence-electron chi connectivity index (χ2n) is 10.1. The maximum absolute atomic E-state index is 10.9. The number of aliphatic hydroxyl groups excluding tert-OH is 1. The number of nitrogens with two attached hydrogens (primary N) is 1. The zero-order valence-electron chi connectivity index (χ0n) is 20.0. The number of hydrazine groups is 1. The highest BCUT2D eigenvalue weighted by molar-refractivity contribution is 5.84. The van der Waals surface area contributed by atoms with E-state index in [2.05, 4.69) is 38.7 Å². The number of rotatable bonds is 7. The molecule has 2 aliphatic carbocycles. The van der Waals surface area contributed by atoms with Crippen LogP contribution in [0.3, 0.4) is 0 Å². The number of aromatic nitrogens is 2. The largest absolute Gasteiger partial charge is 0.488 e. The van der Waals surface area contributed by atoms with Gasteiger partial charge in [-0.3, -0.25) is 10.7 Å². The first-order valence-corrected chi connectivity index (χ1v) is 12.5. The van der Waals surface area contributed by atoms with Crippen LogP contribution in [0.4, 0.5) is 11.5 Å². The van der Waals surface area contributed by atoms with Gasteiger partial charge in [-0.05, 0) is 50.8 Å².